The first-order chi connectivity index (χ1) is 10.5. The molecule has 22 heavy (non-hydrogen) atoms. The number of hydrogen-bond donors (Lipinski definition) is 2. The molecule has 0 aromatic heterocycles. The van der Waals surface area contributed by atoms with Crippen molar-refractivity contribution < 1.29 is 13.2 Å². The molecule has 2 rings (SSSR count). The van der Waals surface area contributed by atoms with Crippen molar-refractivity contribution >= 4 is 21.6 Å². The van der Waals surface area contributed by atoms with Crippen molar-refractivity contribution in [1.29, 1.82) is 0 Å². The quantitative estimate of drug-likeness (QED) is 0.741. The first-order valence-corrected chi connectivity index (χ1v) is 9.41. The van der Waals surface area contributed by atoms with Crippen molar-refractivity contribution in [3.05, 3.63) is 29.3 Å². The van der Waals surface area contributed by atoms with Gasteiger partial charge in [-0.2, -0.15) is 0 Å². The van der Waals surface area contributed by atoms with E-state index in [9.17, 15) is 8.42 Å². The molecule has 1 saturated heterocycles. The Hall–Kier alpha value is -0.660. The molecule has 1 aromatic carbocycles. The summed E-state index contributed by atoms with van der Waals surface area (Å²) in [6, 6.07) is 6.62. The second-order valence-corrected chi connectivity index (χ2v) is 7.75. The van der Waals surface area contributed by atoms with Crippen LogP contribution in [0.2, 0.25) is 5.02 Å². The Morgan fingerprint density at radius 2 is 2.05 bits per heavy atom. The zero-order valence-corrected chi connectivity index (χ0v) is 14.3. The van der Waals surface area contributed by atoms with Gasteiger partial charge in [0.1, 0.15) is 0 Å². The number of benzene rings is 1. The minimum Gasteiger partial charge on any atom is -0.381 e. The summed E-state index contributed by atoms with van der Waals surface area (Å²) >= 11 is 5.83. The average molecular weight is 347 g/mol. The molecule has 1 aliphatic rings. The predicted octanol–water partition coefficient (Wildman–Crippen LogP) is 2.02. The summed E-state index contributed by atoms with van der Waals surface area (Å²) in [5.74, 6) is 0.596. The smallest absolute Gasteiger partial charge is 0.240 e. The summed E-state index contributed by atoms with van der Waals surface area (Å²) in [4.78, 5) is 0.192. The van der Waals surface area contributed by atoms with Crippen LogP contribution in [0.4, 0.5) is 0 Å². The van der Waals surface area contributed by atoms with Crippen molar-refractivity contribution in [2.24, 2.45) is 5.92 Å². The lowest BCUT2D eigenvalue weighted by Crippen LogP contribution is -2.40. The van der Waals surface area contributed by atoms with Gasteiger partial charge in [-0.05, 0) is 43.9 Å². The molecule has 2 N–H and O–H groups in total. The van der Waals surface area contributed by atoms with Crippen LogP contribution in [0.3, 0.4) is 0 Å². The highest BCUT2D eigenvalue weighted by Gasteiger charge is 2.20. The van der Waals surface area contributed by atoms with Crippen molar-refractivity contribution in [3.63, 3.8) is 0 Å². The Morgan fingerprint density at radius 1 is 1.32 bits per heavy atom. The van der Waals surface area contributed by atoms with E-state index in [-0.39, 0.29) is 4.90 Å². The summed E-state index contributed by atoms with van der Waals surface area (Å²) in [6.45, 7) is 4.72. The molecule has 124 valence electrons. The van der Waals surface area contributed by atoms with Gasteiger partial charge < -0.3 is 10.1 Å². The Bertz CT molecular complexity index is 574. The van der Waals surface area contributed by atoms with Gasteiger partial charge >= 0.3 is 0 Å². The van der Waals surface area contributed by atoms with Crippen LogP contribution >= 0.6 is 11.6 Å². The largest absolute Gasteiger partial charge is 0.381 e. The average Bonchev–Trinajstić information content (AvgIpc) is 2.52. The third-order valence-electron chi connectivity index (χ3n) is 3.96. The van der Waals surface area contributed by atoms with Crippen LogP contribution in [0.25, 0.3) is 0 Å². The van der Waals surface area contributed by atoms with Gasteiger partial charge in [0.15, 0.2) is 0 Å². The molecule has 0 amide bonds. The van der Waals surface area contributed by atoms with Gasteiger partial charge in [-0.3, -0.25) is 0 Å². The van der Waals surface area contributed by atoms with Gasteiger partial charge in [0.2, 0.25) is 10.0 Å². The van der Waals surface area contributed by atoms with Crippen LogP contribution in [-0.2, 0) is 14.8 Å². The van der Waals surface area contributed by atoms with E-state index in [1.54, 1.807) is 12.1 Å². The van der Waals surface area contributed by atoms with Crippen LogP contribution in [-0.4, -0.2) is 40.8 Å². The van der Waals surface area contributed by atoms with E-state index in [1.165, 1.54) is 12.1 Å². The fourth-order valence-electron chi connectivity index (χ4n) is 2.59. The lowest BCUT2D eigenvalue weighted by Gasteiger charge is -2.28. The fourth-order valence-corrected chi connectivity index (χ4v) is 3.92. The Morgan fingerprint density at radius 3 is 2.73 bits per heavy atom. The third kappa shape index (κ3) is 5.21. The van der Waals surface area contributed by atoms with Crippen LogP contribution in [0, 0.1) is 5.92 Å². The van der Waals surface area contributed by atoms with E-state index in [1.807, 2.05) is 0 Å². The minimum absolute atomic E-state index is 0.192. The number of rotatable bonds is 7. The number of nitrogens with one attached hydrogen (secondary N) is 2. The highest BCUT2D eigenvalue weighted by Crippen LogP contribution is 2.18. The molecule has 0 bridgehead atoms. The van der Waals surface area contributed by atoms with Crippen molar-refractivity contribution in [1.82, 2.24) is 10.0 Å². The van der Waals surface area contributed by atoms with Crippen molar-refractivity contribution in [3.8, 4) is 0 Å². The van der Waals surface area contributed by atoms with Gasteiger partial charge in [0.25, 0.3) is 0 Å². The molecule has 1 atom stereocenters. The SMILES string of the molecule is C[C@H](NCCNS(=O)(=O)c1cccc(Cl)c1)C1CCOCC1. The zero-order valence-electron chi connectivity index (χ0n) is 12.7. The highest BCUT2D eigenvalue weighted by molar-refractivity contribution is 7.89. The minimum atomic E-state index is -3.50. The number of ether oxygens (including phenoxy) is 1. The van der Waals surface area contributed by atoms with Gasteiger partial charge in [0.05, 0.1) is 4.90 Å². The fraction of sp³-hybridized carbons (Fsp3) is 0.600. The van der Waals surface area contributed by atoms with E-state index in [4.69, 9.17) is 16.3 Å². The first kappa shape index (κ1) is 17.7. The maximum Gasteiger partial charge on any atom is 0.240 e. The van der Waals surface area contributed by atoms with Crippen LogP contribution in [0.15, 0.2) is 29.2 Å². The summed E-state index contributed by atoms with van der Waals surface area (Å²) in [5.41, 5.74) is 0. The van der Waals surface area contributed by atoms with Gasteiger partial charge in [-0.15, -0.1) is 0 Å². The molecule has 0 unspecified atom stereocenters. The molecule has 0 aliphatic carbocycles. The topological polar surface area (TPSA) is 67.4 Å². The first-order valence-electron chi connectivity index (χ1n) is 7.55. The molecular weight excluding hydrogens is 324 g/mol. The van der Waals surface area contributed by atoms with E-state index >= 15 is 0 Å². The van der Waals surface area contributed by atoms with Crippen molar-refractivity contribution in [2.75, 3.05) is 26.3 Å². The van der Waals surface area contributed by atoms with E-state index in [2.05, 4.69) is 17.0 Å². The molecule has 1 aliphatic heterocycles. The lowest BCUT2D eigenvalue weighted by molar-refractivity contribution is 0.0561. The van der Waals surface area contributed by atoms with Gasteiger partial charge in [-0.25, -0.2) is 13.1 Å². The highest BCUT2D eigenvalue weighted by atomic mass is 35.5. The Kier molecular flexibility index (Phi) is 6.65. The molecular formula is C15H23ClN2O3S. The molecule has 1 heterocycles. The van der Waals surface area contributed by atoms with Gasteiger partial charge in [-0.1, -0.05) is 17.7 Å². The summed E-state index contributed by atoms with van der Waals surface area (Å²) in [6.07, 6.45) is 2.12. The zero-order chi connectivity index (χ0) is 16.0. The van der Waals surface area contributed by atoms with E-state index in [0.29, 0.717) is 30.1 Å². The molecule has 1 fully saturated rings. The molecule has 0 radical (unpaired) electrons. The number of hydrogen-bond acceptors (Lipinski definition) is 4. The van der Waals surface area contributed by atoms with Crippen molar-refractivity contribution in [2.45, 2.75) is 30.7 Å². The molecule has 0 spiro atoms. The summed E-state index contributed by atoms with van der Waals surface area (Å²) in [5, 5.41) is 3.79. The summed E-state index contributed by atoms with van der Waals surface area (Å²) < 4.78 is 32.2. The maximum absolute atomic E-state index is 12.1. The van der Waals surface area contributed by atoms with Crippen LogP contribution in [0.1, 0.15) is 19.8 Å². The van der Waals surface area contributed by atoms with E-state index < -0.39 is 10.0 Å². The molecule has 0 saturated carbocycles. The van der Waals surface area contributed by atoms with Crippen LogP contribution in [0.5, 0.6) is 0 Å². The second-order valence-electron chi connectivity index (χ2n) is 5.55. The Labute approximate surface area is 137 Å². The molecule has 1 aromatic rings. The standard InChI is InChI=1S/C15H23ClN2O3S/c1-12(13-5-9-21-10-6-13)17-7-8-18-22(19,20)15-4-2-3-14(16)11-15/h2-4,11-13,17-18H,5-10H2,1H3/t12-/m0/s1. The Balaban J connectivity index is 1.75. The van der Waals surface area contributed by atoms with Crippen LogP contribution < -0.4 is 10.0 Å². The normalized spacial score (nSPS) is 18.3. The lowest BCUT2D eigenvalue weighted by atomic mass is 9.93. The number of sulfonamides is 1. The second kappa shape index (κ2) is 8.26. The third-order valence-corrected chi connectivity index (χ3v) is 5.66. The van der Waals surface area contributed by atoms with E-state index in [0.717, 1.165) is 26.1 Å². The van der Waals surface area contributed by atoms with Gasteiger partial charge in [0, 0.05) is 37.4 Å². The molecule has 5 nitrogen and oxygen atoms in total. The summed E-state index contributed by atoms with van der Waals surface area (Å²) in [7, 11) is -3.50. The maximum atomic E-state index is 12.1. The monoisotopic (exact) mass is 346 g/mol. The number of halogens is 1. The molecule has 7 heteroatoms. The predicted molar refractivity (Wildman–Crippen MR) is 87.6 cm³/mol.